The Bertz CT molecular complexity index is 382. The van der Waals surface area contributed by atoms with Crippen molar-refractivity contribution < 1.29 is 8.42 Å². The number of sulfone groups is 1. The lowest BCUT2D eigenvalue weighted by molar-refractivity contribution is 0.0745. The second kappa shape index (κ2) is 5.47. The lowest BCUT2D eigenvalue weighted by Gasteiger charge is -2.45. The summed E-state index contributed by atoms with van der Waals surface area (Å²) in [6, 6.07) is 1.49. The van der Waals surface area contributed by atoms with Crippen molar-refractivity contribution in [3.05, 3.63) is 0 Å². The van der Waals surface area contributed by atoms with Gasteiger partial charge in [-0.05, 0) is 33.1 Å². The van der Waals surface area contributed by atoms with Crippen LogP contribution in [-0.2, 0) is 9.84 Å². The number of nitrogens with zero attached hydrogens (tertiary/aromatic N) is 1. The Hall–Kier alpha value is -0.130. The van der Waals surface area contributed by atoms with E-state index in [1.54, 1.807) is 0 Å². The average molecular weight is 274 g/mol. The Balaban J connectivity index is 2.04. The van der Waals surface area contributed by atoms with Gasteiger partial charge in [-0.1, -0.05) is 6.42 Å². The van der Waals surface area contributed by atoms with E-state index in [0.29, 0.717) is 18.1 Å². The van der Waals surface area contributed by atoms with Gasteiger partial charge in [0.2, 0.25) is 0 Å². The number of piperazine rings is 1. The zero-order valence-corrected chi connectivity index (χ0v) is 12.5. The maximum atomic E-state index is 11.7. The van der Waals surface area contributed by atoms with E-state index in [1.807, 2.05) is 0 Å². The van der Waals surface area contributed by atoms with Gasteiger partial charge in [0.25, 0.3) is 0 Å². The van der Waals surface area contributed by atoms with Gasteiger partial charge in [-0.3, -0.25) is 4.90 Å². The van der Waals surface area contributed by atoms with Crippen LogP contribution in [0.3, 0.4) is 0 Å². The molecule has 0 bridgehead atoms. The normalized spacial score (nSPS) is 39.7. The van der Waals surface area contributed by atoms with Gasteiger partial charge in [0, 0.05) is 37.5 Å². The quantitative estimate of drug-likeness (QED) is 0.817. The third kappa shape index (κ3) is 3.25. The van der Waals surface area contributed by atoms with Gasteiger partial charge in [0.1, 0.15) is 9.84 Å². The number of hydrogen-bond acceptors (Lipinski definition) is 4. The Kier molecular flexibility index (Phi) is 4.34. The summed E-state index contributed by atoms with van der Waals surface area (Å²) >= 11 is 0. The molecule has 5 heteroatoms. The Morgan fingerprint density at radius 2 is 1.94 bits per heavy atom. The molecule has 2 fully saturated rings. The fraction of sp³-hybridized carbons (Fsp3) is 1.00. The standard InChI is InChI=1S/C13H26N2O2S/c1-10-9-15(11(2)8-14-10)12-5-4-6-13(7-12)18(3,16)17/h10-14H,4-9H2,1-3H3. The van der Waals surface area contributed by atoms with E-state index in [9.17, 15) is 8.42 Å². The van der Waals surface area contributed by atoms with Crippen LogP contribution in [0.4, 0.5) is 0 Å². The molecule has 1 aliphatic heterocycles. The van der Waals surface area contributed by atoms with Crippen LogP contribution in [0.15, 0.2) is 0 Å². The molecule has 4 atom stereocenters. The molecule has 1 saturated heterocycles. The zero-order chi connectivity index (χ0) is 13.3. The molecule has 4 nitrogen and oxygen atoms in total. The molecule has 18 heavy (non-hydrogen) atoms. The van der Waals surface area contributed by atoms with Crippen LogP contribution in [0.2, 0.25) is 0 Å². The first-order chi connectivity index (χ1) is 8.38. The van der Waals surface area contributed by atoms with Crippen LogP contribution in [0.5, 0.6) is 0 Å². The van der Waals surface area contributed by atoms with E-state index in [2.05, 4.69) is 24.1 Å². The van der Waals surface area contributed by atoms with Crippen molar-refractivity contribution in [2.45, 2.75) is 62.9 Å². The fourth-order valence-electron chi connectivity index (χ4n) is 3.37. The first-order valence-corrected chi connectivity index (χ1v) is 9.01. The minimum atomic E-state index is -2.87. The monoisotopic (exact) mass is 274 g/mol. The van der Waals surface area contributed by atoms with E-state index >= 15 is 0 Å². The summed E-state index contributed by atoms with van der Waals surface area (Å²) in [5, 5.41) is 3.37. The van der Waals surface area contributed by atoms with Crippen molar-refractivity contribution in [1.29, 1.82) is 0 Å². The van der Waals surface area contributed by atoms with Gasteiger partial charge in [-0.25, -0.2) is 8.42 Å². The van der Waals surface area contributed by atoms with Crippen LogP contribution in [0, 0.1) is 0 Å². The molecule has 0 amide bonds. The van der Waals surface area contributed by atoms with Crippen LogP contribution < -0.4 is 5.32 Å². The van der Waals surface area contributed by atoms with Gasteiger partial charge in [0.05, 0.1) is 5.25 Å². The first kappa shape index (κ1) is 14.3. The maximum absolute atomic E-state index is 11.7. The molecule has 1 saturated carbocycles. The number of rotatable bonds is 2. The predicted molar refractivity (Wildman–Crippen MR) is 74.5 cm³/mol. The summed E-state index contributed by atoms with van der Waals surface area (Å²) in [6.07, 6.45) is 5.28. The first-order valence-electron chi connectivity index (χ1n) is 7.06. The lowest BCUT2D eigenvalue weighted by Crippen LogP contribution is -2.58. The number of hydrogen-bond donors (Lipinski definition) is 1. The van der Waals surface area contributed by atoms with Crippen molar-refractivity contribution in [3.8, 4) is 0 Å². The highest BCUT2D eigenvalue weighted by Crippen LogP contribution is 2.29. The SMILES string of the molecule is CC1CN(C2CCCC(S(C)(=O)=O)C2)C(C)CN1. The topological polar surface area (TPSA) is 49.4 Å². The van der Waals surface area contributed by atoms with Crippen molar-refractivity contribution in [2.75, 3.05) is 19.3 Å². The van der Waals surface area contributed by atoms with Crippen molar-refractivity contribution >= 4 is 9.84 Å². The van der Waals surface area contributed by atoms with Crippen LogP contribution in [-0.4, -0.2) is 56.0 Å². The molecule has 0 radical (unpaired) electrons. The van der Waals surface area contributed by atoms with E-state index in [0.717, 1.165) is 38.8 Å². The highest BCUT2D eigenvalue weighted by atomic mass is 32.2. The third-order valence-electron chi connectivity index (χ3n) is 4.49. The Morgan fingerprint density at radius 3 is 2.61 bits per heavy atom. The predicted octanol–water partition coefficient (Wildman–Crippen LogP) is 1.02. The molecular weight excluding hydrogens is 248 g/mol. The average Bonchev–Trinajstić information content (AvgIpc) is 2.31. The van der Waals surface area contributed by atoms with Gasteiger partial charge in [0.15, 0.2) is 0 Å². The van der Waals surface area contributed by atoms with Gasteiger partial charge in [-0.2, -0.15) is 0 Å². The van der Waals surface area contributed by atoms with Crippen molar-refractivity contribution in [2.24, 2.45) is 0 Å². The molecule has 0 aromatic heterocycles. The summed E-state index contributed by atoms with van der Waals surface area (Å²) < 4.78 is 23.5. The minimum Gasteiger partial charge on any atom is -0.311 e. The highest BCUT2D eigenvalue weighted by molar-refractivity contribution is 7.91. The maximum Gasteiger partial charge on any atom is 0.150 e. The summed E-state index contributed by atoms with van der Waals surface area (Å²) in [5.74, 6) is 0. The molecule has 1 N–H and O–H groups in total. The highest BCUT2D eigenvalue weighted by Gasteiger charge is 2.35. The zero-order valence-electron chi connectivity index (χ0n) is 11.7. The van der Waals surface area contributed by atoms with E-state index in [1.165, 1.54) is 6.26 Å². The summed E-state index contributed by atoms with van der Waals surface area (Å²) in [5.41, 5.74) is 0. The molecule has 2 aliphatic rings. The number of nitrogens with one attached hydrogen (secondary N) is 1. The second-order valence-corrected chi connectivity index (χ2v) is 8.45. The Labute approximate surface area is 111 Å². The largest absolute Gasteiger partial charge is 0.311 e. The summed E-state index contributed by atoms with van der Waals surface area (Å²) in [6.45, 7) is 6.50. The van der Waals surface area contributed by atoms with Crippen molar-refractivity contribution in [1.82, 2.24) is 10.2 Å². The van der Waals surface area contributed by atoms with E-state index < -0.39 is 9.84 Å². The van der Waals surface area contributed by atoms with Crippen LogP contribution >= 0.6 is 0 Å². The fourth-order valence-corrected chi connectivity index (χ4v) is 4.54. The minimum absolute atomic E-state index is 0.117. The molecule has 106 valence electrons. The molecular formula is C13H26N2O2S. The third-order valence-corrected chi connectivity index (χ3v) is 6.12. The van der Waals surface area contributed by atoms with Crippen LogP contribution in [0.1, 0.15) is 39.5 Å². The molecule has 2 rings (SSSR count). The summed E-state index contributed by atoms with van der Waals surface area (Å²) in [7, 11) is -2.87. The lowest BCUT2D eigenvalue weighted by atomic mass is 9.91. The van der Waals surface area contributed by atoms with Crippen molar-refractivity contribution in [3.63, 3.8) is 0 Å². The van der Waals surface area contributed by atoms with Crippen LogP contribution in [0.25, 0.3) is 0 Å². The molecule has 1 aliphatic carbocycles. The molecule has 0 aromatic carbocycles. The Morgan fingerprint density at radius 1 is 1.22 bits per heavy atom. The van der Waals surface area contributed by atoms with Gasteiger partial charge < -0.3 is 5.32 Å². The molecule has 0 spiro atoms. The molecule has 1 heterocycles. The van der Waals surface area contributed by atoms with E-state index in [-0.39, 0.29) is 5.25 Å². The molecule has 0 aromatic rings. The summed E-state index contributed by atoms with van der Waals surface area (Å²) in [4.78, 5) is 2.53. The van der Waals surface area contributed by atoms with Gasteiger partial charge >= 0.3 is 0 Å². The second-order valence-electron chi connectivity index (χ2n) is 6.13. The smallest absolute Gasteiger partial charge is 0.150 e. The van der Waals surface area contributed by atoms with E-state index in [4.69, 9.17) is 0 Å². The molecule has 4 unspecified atom stereocenters. The van der Waals surface area contributed by atoms with Gasteiger partial charge in [-0.15, -0.1) is 0 Å².